The molecule has 40 heavy (non-hydrogen) atoms. The first-order valence-electron chi connectivity index (χ1n) is 12.4. The molecule has 12 heteroatoms. The van der Waals surface area contributed by atoms with Crippen molar-refractivity contribution in [2.45, 2.75) is 19.8 Å². The zero-order valence-electron chi connectivity index (χ0n) is 22.3. The van der Waals surface area contributed by atoms with Gasteiger partial charge in [0.05, 0.1) is 42.9 Å². The Morgan fingerprint density at radius 3 is 2.80 bits per heavy atom. The first-order valence-corrected chi connectivity index (χ1v) is 12.8. The molecule has 1 aliphatic rings. The van der Waals surface area contributed by atoms with Crippen LogP contribution in [0.5, 0.6) is 0 Å². The predicted molar refractivity (Wildman–Crippen MR) is 156 cm³/mol. The summed E-state index contributed by atoms with van der Waals surface area (Å²) in [5, 5.41) is 18.5. The minimum Gasteiger partial charge on any atom is -0.358 e. The summed E-state index contributed by atoms with van der Waals surface area (Å²) < 4.78 is 0.426. The molecule has 1 amide bonds. The van der Waals surface area contributed by atoms with Gasteiger partial charge >= 0.3 is 5.82 Å². The van der Waals surface area contributed by atoms with E-state index in [1.807, 2.05) is 21.0 Å². The van der Waals surface area contributed by atoms with Crippen molar-refractivity contribution in [1.29, 1.82) is 0 Å². The van der Waals surface area contributed by atoms with E-state index in [1.54, 1.807) is 36.5 Å². The van der Waals surface area contributed by atoms with Crippen LogP contribution in [0.25, 0.3) is 10.9 Å². The molecule has 2 aromatic heterocycles. The molecule has 2 N–H and O–H groups in total. The fourth-order valence-electron chi connectivity index (χ4n) is 4.27. The second-order valence-electron chi connectivity index (χ2n) is 9.83. The molecule has 11 nitrogen and oxygen atoms in total. The van der Waals surface area contributed by atoms with Gasteiger partial charge in [-0.05, 0) is 40.3 Å². The van der Waals surface area contributed by atoms with Crippen molar-refractivity contribution in [1.82, 2.24) is 15.0 Å². The quantitative estimate of drug-likeness (QED) is 0.121. The van der Waals surface area contributed by atoms with Gasteiger partial charge in [-0.15, -0.1) is 6.42 Å². The zero-order chi connectivity index (χ0) is 28.9. The monoisotopic (exact) mass is 559 g/mol. The van der Waals surface area contributed by atoms with Crippen LogP contribution in [0.1, 0.15) is 25.3 Å². The van der Waals surface area contributed by atoms with Crippen molar-refractivity contribution in [3.63, 3.8) is 0 Å². The number of aromatic nitrogens is 3. The average Bonchev–Trinajstić information content (AvgIpc) is 3.32. The largest absolute Gasteiger partial charge is 0.368 e. The number of hydrogen-bond donors (Lipinski definition) is 2. The number of likely N-dealkylation sites (N-methyl/N-ethyl adjacent to an activating group) is 1. The molecule has 0 spiro atoms. The summed E-state index contributed by atoms with van der Waals surface area (Å²) >= 11 is 6.11. The summed E-state index contributed by atoms with van der Waals surface area (Å²) in [4.78, 5) is 40.6. The predicted octanol–water partition coefficient (Wildman–Crippen LogP) is 4.72. The van der Waals surface area contributed by atoms with Crippen molar-refractivity contribution >= 4 is 51.4 Å². The number of carbonyl (C=O) groups is 1. The number of nitro groups is 1. The molecule has 0 saturated heterocycles. The number of pyridine rings is 1. The Hall–Kier alpha value is -4.66. The number of rotatable bonds is 10. The summed E-state index contributed by atoms with van der Waals surface area (Å²) in [6.07, 6.45) is 12.8. The molecule has 0 fully saturated rings. The zero-order valence-corrected chi connectivity index (χ0v) is 23.1. The maximum absolute atomic E-state index is 12.6. The van der Waals surface area contributed by atoms with E-state index in [-0.39, 0.29) is 11.7 Å². The number of nitrogens with one attached hydrogen (secondary N) is 2. The van der Waals surface area contributed by atoms with Crippen molar-refractivity contribution in [2.24, 2.45) is 4.99 Å². The summed E-state index contributed by atoms with van der Waals surface area (Å²) in [6.45, 7) is 2.87. The van der Waals surface area contributed by atoms with Crippen LogP contribution in [0.3, 0.4) is 0 Å². The standard InChI is InChI=1S/C28H27ClN8O3/c1-5-18-12-21(9-10-23(18)29)33-27-22-14-25(30-15-24(22)31-17-32-27)35-26(38)8-7-11-37(3,4)16-19-13-20(6-2)34-28(19)36(39)40/h1,7-10,12,14-15,17H,6,11,13,16H2,2-4H3,(H-,30,31,32,33,35,38)/p+1/b8-7+. The highest BCUT2D eigenvalue weighted by Gasteiger charge is 2.32. The minimum atomic E-state index is -0.423. The van der Waals surface area contributed by atoms with Gasteiger partial charge in [-0.25, -0.2) is 15.0 Å². The van der Waals surface area contributed by atoms with E-state index < -0.39 is 4.92 Å². The van der Waals surface area contributed by atoms with Crippen LogP contribution in [0.15, 0.2) is 65.3 Å². The van der Waals surface area contributed by atoms with Crippen molar-refractivity contribution < 1.29 is 14.2 Å². The molecule has 0 unspecified atom stereocenters. The molecule has 1 aliphatic heterocycles. The van der Waals surface area contributed by atoms with Gasteiger partial charge in [0.25, 0.3) is 0 Å². The van der Waals surface area contributed by atoms with Crippen LogP contribution in [-0.4, -0.2) is 63.2 Å². The third-order valence-corrected chi connectivity index (χ3v) is 6.55. The second kappa shape index (κ2) is 12.0. The van der Waals surface area contributed by atoms with Gasteiger partial charge in [0.2, 0.25) is 5.91 Å². The molecule has 0 bridgehead atoms. The van der Waals surface area contributed by atoms with Crippen LogP contribution in [0.4, 0.5) is 17.3 Å². The minimum absolute atomic E-state index is 0.0578. The summed E-state index contributed by atoms with van der Waals surface area (Å²) in [6, 6.07) is 6.90. The molecule has 0 atom stereocenters. The molecular weight excluding hydrogens is 532 g/mol. The number of halogens is 1. The first-order chi connectivity index (χ1) is 19.1. The van der Waals surface area contributed by atoms with E-state index in [9.17, 15) is 14.9 Å². The van der Waals surface area contributed by atoms with Crippen LogP contribution in [0, 0.1) is 22.5 Å². The van der Waals surface area contributed by atoms with E-state index in [1.165, 1.54) is 12.4 Å². The van der Waals surface area contributed by atoms with E-state index in [4.69, 9.17) is 18.0 Å². The number of amides is 1. The summed E-state index contributed by atoms with van der Waals surface area (Å²) in [7, 11) is 3.90. The van der Waals surface area contributed by atoms with Crippen LogP contribution < -0.4 is 10.6 Å². The highest BCUT2D eigenvalue weighted by molar-refractivity contribution is 6.31. The lowest BCUT2D eigenvalue weighted by Crippen LogP contribution is -2.41. The molecule has 4 rings (SSSR count). The molecule has 0 aliphatic carbocycles. The fraction of sp³-hybridized carbons (Fsp3) is 0.250. The maximum Gasteiger partial charge on any atom is 0.368 e. The van der Waals surface area contributed by atoms with Gasteiger partial charge in [0.15, 0.2) is 0 Å². The van der Waals surface area contributed by atoms with E-state index >= 15 is 0 Å². The van der Waals surface area contributed by atoms with Crippen LogP contribution in [0.2, 0.25) is 5.02 Å². The molecule has 0 saturated carbocycles. The summed E-state index contributed by atoms with van der Waals surface area (Å²) in [5.74, 6) is 2.95. The number of terminal acetylenes is 1. The highest BCUT2D eigenvalue weighted by Crippen LogP contribution is 2.27. The number of benzene rings is 1. The lowest BCUT2D eigenvalue weighted by molar-refractivity contribution is -0.880. The molecule has 204 valence electrons. The van der Waals surface area contributed by atoms with Gasteiger partial charge in [0.1, 0.15) is 30.2 Å². The number of anilines is 3. The van der Waals surface area contributed by atoms with Crippen molar-refractivity contribution in [2.75, 3.05) is 37.8 Å². The number of hydrogen-bond acceptors (Lipinski definition) is 8. The SMILES string of the molecule is C#Cc1cc(Nc2ncnc3cnc(NC(=O)/C=C/C[N+](C)(C)CC4=C([N+](=O)[O-])N=C(CC)C4)cc23)ccc1Cl. The highest BCUT2D eigenvalue weighted by atomic mass is 35.5. The number of quaternary nitrogens is 1. The maximum atomic E-state index is 12.6. The van der Waals surface area contributed by atoms with Crippen LogP contribution in [-0.2, 0) is 4.79 Å². The van der Waals surface area contributed by atoms with E-state index in [0.29, 0.717) is 74.8 Å². The third kappa shape index (κ3) is 6.85. The number of carbonyl (C=O) groups excluding carboxylic acids is 1. The number of fused-ring (bicyclic) bond motifs is 1. The average molecular weight is 560 g/mol. The second-order valence-corrected chi connectivity index (χ2v) is 10.2. The molecule has 1 aromatic carbocycles. The van der Waals surface area contributed by atoms with Gasteiger partial charge in [-0.1, -0.05) is 24.4 Å². The Morgan fingerprint density at radius 2 is 2.08 bits per heavy atom. The Morgan fingerprint density at radius 1 is 1.27 bits per heavy atom. The summed E-state index contributed by atoms with van der Waals surface area (Å²) in [5.41, 5.74) is 3.34. The Bertz CT molecular complexity index is 1620. The van der Waals surface area contributed by atoms with Gasteiger partial charge < -0.3 is 25.2 Å². The lowest BCUT2D eigenvalue weighted by atomic mass is 10.1. The molecule has 3 heterocycles. The van der Waals surface area contributed by atoms with Gasteiger partial charge in [-0.3, -0.25) is 4.79 Å². The molecule has 3 aromatic rings. The fourth-order valence-corrected chi connectivity index (χ4v) is 4.44. The lowest BCUT2D eigenvalue weighted by Gasteiger charge is -2.28. The van der Waals surface area contributed by atoms with E-state index in [2.05, 4.69) is 36.5 Å². The molecule has 0 radical (unpaired) electrons. The van der Waals surface area contributed by atoms with E-state index in [0.717, 1.165) is 5.71 Å². The third-order valence-electron chi connectivity index (χ3n) is 6.22. The van der Waals surface area contributed by atoms with Crippen molar-refractivity contribution in [3.05, 3.63) is 81.0 Å². The van der Waals surface area contributed by atoms with Crippen molar-refractivity contribution in [3.8, 4) is 12.3 Å². The van der Waals surface area contributed by atoms with Gasteiger partial charge in [-0.2, -0.15) is 0 Å². The molecular formula is C28H28ClN8O3+. The first kappa shape index (κ1) is 28.4. The smallest absolute Gasteiger partial charge is 0.358 e. The topological polar surface area (TPSA) is 135 Å². The Kier molecular flexibility index (Phi) is 8.52. The van der Waals surface area contributed by atoms with Crippen LogP contribution >= 0.6 is 11.6 Å². The van der Waals surface area contributed by atoms with Gasteiger partial charge in [0, 0.05) is 35.6 Å². The Labute approximate surface area is 236 Å². The number of nitrogens with zero attached hydrogens (tertiary/aromatic N) is 6. The Balaban J connectivity index is 1.42. The normalized spacial score (nSPS) is 13.4. The number of aliphatic imine (C=N–C) groups is 1.